The molecule has 0 aromatic heterocycles. The van der Waals surface area contributed by atoms with Crippen LogP contribution in [0.15, 0.2) is 0 Å². The Bertz CT molecular complexity index is 263. The van der Waals surface area contributed by atoms with E-state index in [1.54, 1.807) is 0 Å². The molecule has 3 nitrogen and oxygen atoms in total. The molecule has 0 saturated heterocycles. The molecular formula is C17H32N2O. The van der Waals surface area contributed by atoms with Crippen LogP contribution in [-0.4, -0.2) is 29.6 Å². The van der Waals surface area contributed by atoms with Crippen molar-refractivity contribution >= 4 is 6.03 Å². The Morgan fingerprint density at radius 2 is 1.45 bits per heavy atom. The van der Waals surface area contributed by atoms with Gasteiger partial charge in [0.1, 0.15) is 0 Å². The first kappa shape index (κ1) is 15.7. The summed E-state index contributed by atoms with van der Waals surface area (Å²) in [5, 5.41) is 3.17. The van der Waals surface area contributed by atoms with Gasteiger partial charge in [-0.3, -0.25) is 0 Å². The van der Waals surface area contributed by atoms with Crippen molar-refractivity contribution in [3.63, 3.8) is 0 Å². The highest BCUT2D eigenvalue weighted by molar-refractivity contribution is 5.75. The van der Waals surface area contributed by atoms with Gasteiger partial charge < -0.3 is 10.2 Å². The van der Waals surface area contributed by atoms with Crippen LogP contribution in [-0.2, 0) is 0 Å². The number of carbonyl (C=O) groups excluding carboxylic acids is 1. The second kappa shape index (κ2) is 8.53. The van der Waals surface area contributed by atoms with Crippen LogP contribution in [0.1, 0.15) is 84.0 Å². The Labute approximate surface area is 124 Å². The van der Waals surface area contributed by atoms with Crippen LogP contribution in [0, 0.1) is 0 Å². The first-order chi connectivity index (χ1) is 9.83. The van der Waals surface area contributed by atoms with Crippen molar-refractivity contribution in [3.05, 3.63) is 0 Å². The van der Waals surface area contributed by atoms with E-state index in [9.17, 15) is 4.79 Å². The van der Waals surface area contributed by atoms with Gasteiger partial charge in [-0.2, -0.15) is 0 Å². The van der Waals surface area contributed by atoms with Crippen molar-refractivity contribution in [1.29, 1.82) is 0 Å². The quantitative estimate of drug-likeness (QED) is 0.741. The molecule has 0 radical (unpaired) electrons. The van der Waals surface area contributed by atoms with Crippen molar-refractivity contribution < 1.29 is 4.79 Å². The maximum atomic E-state index is 12.6. The lowest BCUT2D eigenvalue weighted by Crippen LogP contribution is -2.52. The lowest BCUT2D eigenvalue weighted by atomic mass is 9.89. The molecule has 0 atom stereocenters. The van der Waals surface area contributed by atoms with E-state index in [-0.39, 0.29) is 6.03 Å². The normalized spacial score (nSPS) is 21.6. The summed E-state index contributed by atoms with van der Waals surface area (Å²) in [5.74, 6) is 0. The summed E-state index contributed by atoms with van der Waals surface area (Å²) in [4.78, 5) is 14.9. The van der Waals surface area contributed by atoms with E-state index in [0.717, 1.165) is 19.4 Å². The van der Waals surface area contributed by atoms with Gasteiger partial charge in [0.2, 0.25) is 0 Å². The van der Waals surface area contributed by atoms with Gasteiger partial charge in [0.15, 0.2) is 0 Å². The Kier molecular flexibility index (Phi) is 6.68. The van der Waals surface area contributed by atoms with Gasteiger partial charge in [0, 0.05) is 18.6 Å². The number of hydrogen-bond donors (Lipinski definition) is 1. The van der Waals surface area contributed by atoms with Gasteiger partial charge >= 0.3 is 6.03 Å². The van der Waals surface area contributed by atoms with Gasteiger partial charge in [-0.15, -0.1) is 0 Å². The van der Waals surface area contributed by atoms with E-state index in [2.05, 4.69) is 17.1 Å². The predicted molar refractivity (Wildman–Crippen MR) is 83.9 cm³/mol. The van der Waals surface area contributed by atoms with Crippen molar-refractivity contribution in [3.8, 4) is 0 Å². The van der Waals surface area contributed by atoms with Crippen LogP contribution in [0.25, 0.3) is 0 Å². The fourth-order valence-electron chi connectivity index (χ4n) is 3.81. The molecule has 3 heteroatoms. The molecule has 1 N–H and O–H groups in total. The van der Waals surface area contributed by atoms with Gasteiger partial charge in [-0.05, 0) is 32.1 Å². The SMILES string of the molecule is CCCCNC(=O)N(C1CCCCC1)C1CCCCC1. The minimum Gasteiger partial charge on any atom is -0.338 e. The molecule has 2 amide bonds. The molecule has 0 spiro atoms. The number of nitrogens with one attached hydrogen (secondary N) is 1. The minimum absolute atomic E-state index is 0.220. The molecule has 0 unspecified atom stereocenters. The van der Waals surface area contributed by atoms with E-state index in [4.69, 9.17) is 0 Å². The number of amides is 2. The first-order valence-corrected chi connectivity index (χ1v) is 8.89. The molecule has 2 saturated carbocycles. The van der Waals surface area contributed by atoms with E-state index >= 15 is 0 Å². The molecule has 0 bridgehead atoms. The van der Waals surface area contributed by atoms with Crippen LogP contribution in [0.3, 0.4) is 0 Å². The van der Waals surface area contributed by atoms with Gasteiger partial charge in [0.25, 0.3) is 0 Å². The lowest BCUT2D eigenvalue weighted by molar-refractivity contribution is 0.105. The van der Waals surface area contributed by atoms with E-state index in [1.807, 2.05) is 0 Å². The number of hydrogen-bond acceptors (Lipinski definition) is 1. The fraction of sp³-hybridized carbons (Fsp3) is 0.941. The number of urea groups is 1. The van der Waals surface area contributed by atoms with Gasteiger partial charge in [-0.25, -0.2) is 4.79 Å². The van der Waals surface area contributed by atoms with Crippen LogP contribution in [0.2, 0.25) is 0 Å². The summed E-state index contributed by atoms with van der Waals surface area (Å²) in [6, 6.07) is 1.24. The molecule has 20 heavy (non-hydrogen) atoms. The Hall–Kier alpha value is -0.730. The second-order valence-electron chi connectivity index (χ2n) is 6.58. The van der Waals surface area contributed by atoms with Crippen molar-refractivity contribution in [2.75, 3.05) is 6.54 Å². The first-order valence-electron chi connectivity index (χ1n) is 8.89. The third kappa shape index (κ3) is 4.39. The molecule has 0 heterocycles. The van der Waals surface area contributed by atoms with Crippen molar-refractivity contribution in [2.45, 2.75) is 96.1 Å². The standard InChI is InChI=1S/C17H32N2O/c1-2-3-14-18-17(20)19(15-10-6-4-7-11-15)16-12-8-5-9-13-16/h15-16H,2-14H2,1H3,(H,18,20). The predicted octanol–water partition coefficient (Wildman–Crippen LogP) is 4.46. The highest BCUT2D eigenvalue weighted by Crippen LogP contribution is 2.30. The summed E-state index contributed by atoms with van der Waals surface area (Å²) in [6.45, 7) is 3.01. The highest BCUT2D eigenvalue weighted by atomic mass is 16.2. The smallest absolute Gasteiger partial charge is 0.317 e. The molecule has 0 aliphatic heterocycles. The van der Waals surface area contributed by atoms with E-state index in [1.165, 1.54) is 64.2 Å². The fourth-order valence-corrected chi connectivity index (χ4v) is 3.81. The monoisotopic (exact) mass is 280 g/mol. The summed E-state index contributed by atoms with van der Waals surface area (Å²) >= 11 is 0. The number of unbranched alkanes of at least 4 members (excludes halogenated alkanes) is 1. The van der Waals surface area contributed by atoms with Gasteiger partial charge in [0.05, 0.1) is 0 Å². The van der Waals surface area contributed by atoms with Crippen LogP contribution < -0.4 is 5.32 Å². The summed E-state index contributed by atoms with van der Waals surface area (Å²) < 4.78 is 0. The maximum absolute atomic E-state index is 12.6. The van der Waals surface area contributed by atoms with Crippen molar-refractivity contribution in [1.82, 2.24) is 10.2 Å². The highest BCUT2D eigenvalue weighted by Gasteiger charge is 2.32. The zero-order chi connectivity index (χ0) is 14.2. The van der Waals surface area contributed by atoms with Crippen LogP contribution in [0.5, 0.6) is 0 Å². The molecule has 116 valence electrons. The largest absolute Gasteiger partial charge is 0.338 e. The molecule has 0 aromatic rings. The van der Waals surface area contributed by atoms with E-state index < -0.39 is 0 Å². The molecular weight excluding hydrogens is 248 g/mol. The third-order valence-electron chi connectivity index (χ3n) is 4.98. The van der Waals surface area contributed by atoms with Crippen molar-refractivity contribution in [2.24, 2.45) is 0 Å². The summed E-state index contributed by atoms with van der Waals surface area (Å²) in [5.41, 5.74) is 0. The zero-order valence-corrected chi connectivity index (χ0v) is 13.2. The topological polar surface area (TPSA) is 32.3 Å². The minimum atomic E-state index is 0.220. The summed E-state index contributed by atoms with van der Waals surface area (Å²) in [6.07, 6.45) is 15.0. The average molecular weight is 280 g/mol. The van der Waals surface area contributed by atoms with Crippen LogP contribution in [0.4, 0.5) is 4.79 Å². The maximum Gasteiger partial charge on any atom is 0.317 e. The molecule has 2 aliphatic rings. The van der Waals surface area contributed by atoms with E-state index in [0.29, 0.717) is 12.1 Å². The summed E-state index contributed by atoms with van der Waals surface area (Å²) in [7, 11) is 0. The Morgan fingerprint density at radius 1 is 0.950 bits per heavy atom. The Morgan fingerprint density at radius 3 is 1.90 bits per heavy atom. The number of nitrogens with zero attached hydrogens (tertiary/aromatic N) is 1. The lowest BCUT2D eigenvalue weighted by Gasteiger charge is -2.41. The number of carbonyl (C=O) groups is 1. The molecule has 2 aliphatic carbocycles. The molecule has 2 rings (SSSR count). The molecule has 2 fully saturated rings. The average Bonchev–Trinajstić information content (AvgIpc) is 2.50. The van der Waals surface area contributed by atoms with Gasteiger partial charge in [-0.1, -0.05) is 51.9 Å². The second-order valence-corrected chi connectivity index (χ2v) is 6.58. The molecule has 0 aromatic carbocycles. The third-order valence-corrected chi connectivity index (χ3v) is 4.98. The number of rotatable bonds is 5. The van der Waals surface area contributed by atoms with Crippen LogP contribution >= 0.6 is 0 Å². The Balaban J connectivity index is 1.95. The zero-order valence-electron chi connectivity index (χ0n) is 13.2.